The van der Waals surface area contributed by atoms with E-state index in [-0.39, 0.29) is 18.5 Å². The van der Waals surface area contributed by atoms with E-state index in [1.807, 2.05) is 0 Å². The third kappa shape index (κ3) is 4.73. The fourth-order valence-corrected chi connectivity index (χ4v) is 3.08. The Bertz CT molecular complexity index is 865. The molecular weight excluding hydrogens is 406 g/mol. The van der Waals surface area contributed by atoms with Crippen LogP contribution in [0, 0.1) is 0 Å². The first kappa shape index (κ1) is 21.2. The Morgan fingerprint density at radius 2 is 1.72 bits per heavy atom. The number of fused-ring (bicyclic) bond motifs is 5. The summed E-state index contributed by atoms with van der Waals surface area (Å²) in [5.74, 6) is -3.90. The van der Waals surface area contributed by atoms with Crippen LogP contribution in [0.3, 0.4) is 0 Å². The smallest absolute Gasteiger partial charge is 0.421 e. The Labute approximate surface area is 161 Å². The van der Waals surface area contributed by atoms with Gasteiger partial charge in [-0.1, -0.05) is 12.8 Å². The summed E-state index contributed by atoms with van der Waals surface area (Å²) in [6, 6.07) is 0.599. The number of nitrogens with two attached hydrogens (primary N) is 1. The lowest BCUT2D eigenvalue weighted by Crippen LogP contribution is -2.21. The highest BCUT2D eigenvalue weighted by atomic mass is 19.4. The molecule has 1 aliphatic rings. The van der Waals surface area contributed by atoms with Crippen molar-refractivity contribution in [2.75, 3.05) is 5.73 Å². The van der Waals surface area contributed by atoms with Crippen molar-refractivity contribution in [1.29, 1.82) is 0 Å². The zero-order chi connectivity index (χ0) is 21.4. The van der Waals surface area contributed by atoms with Gasteiger partial charge in [-0.15, -0.1) is 10.2 Å². The molecule has 2 aromatic heterocycles. The van der Waals surface area contributed by atoms with Crippen LogP contribution in [-0.2, 0) is 6.18 Å². The van der Waals surface area contributed by atoms with Gasteiger partial charge in [0.15, 0.2) is 5.69 Å². The minimum atomic E-state index is -4.79. The van der Waals surface area contributed by atoms with Crippen molar-refractivity contribution >= 4 is 5.69 Å². The highest BCUT2D eigenvalue weighted by Crippen LogP contribution is 2.42. The van der Waals surface area contributed by atoms with Crippen LogP contribution in [0.2, 0.25) is 0 Å². The lowest BCUT2D eigenvalue weighted by molar-refractivity contribution is -0.156. The summed E-state index contributed by atoms with van der Waals surface area (Å²) in [7, 11) is 0. The van der Waals surface area contributed by atoms with Crippen molar-refractivity contribution in [2.45, 2.75) is 63.4 Å². The molecule has 3 heterocycles. The van der Waals surface area contributed by atoms with Gasteiger partial charge < -0.3 is 14.9 Å². The predicted octanol–water partition coefficient (Wildman–Crippen LogP) is 5.11. The largest absolute Gasteiger partial charge is 0.474 e. The van der Waals surface area contributed by atoms with Crippen LogP contribution in [0.5, 0.6) is 5.88 Å². The van der Waals surface area contributed by atoms with Crippen molar-refractivity contribution in [1.82, 2.24) is 15.2 Å². The van der Waals surface area contributed by atoms with E-state index in [2.05, 4.69) is 15.2 Å². The van der Waals surface area contributed by atoms with Gasteiger partial charge in [0, 0.05) is 0 Å². The average Bonchev–Trinajstić information content (AvgIpc) is 3.05. The van der Waals surface area contributed by atoms with Crippen molar-refractivity contribution in [3.8, 4) is 17.5 Å². The van der Waals surface area contributed by atoms with E-state index in [1.54, 1.807) is 6.92 Å². The molecule has 0 saturated carbocycles. The third-order valence-corrected chi connectivity index (χ3v) is 4.58. The van der Waals surface area contributed by atoms with E-state index in [0.717, 1.165) is 0 Å². The summed E-state index contributed by atoms with van der Waals surface area (Å²) >= 11 is 0. The van der Waals surface area contributed by atoms with Gasteiger partial charge >= 0.3 is 12.4 Å². The van der Waals surface area contributed by atoms with Crippen LogP contribution < -0.4 is 10.5 Å². The van der Waals surface area contributed by atoms with Crippen LogP contribution in [-0.4, -0.2) is 27.5 Å². The molecule has 160 valence electrons. The van der Waals surface area contributed by atoms with Crippen molar-refractivity contribution in [3.05, 3.63) is 17.5 Å². The van der Waals surface area contributed by atoms with Gasteiger partial charge in [0.25, 0.3) is 5.89 Å². The summed E-state index contributed by atoms with van der Waals surface area (Å²) in [6.07, 6.45) is -8.79. The average molecular weight is 424 g/mol. The first-order chi connectivity index (χ1) is 13.5. The summed E-state index contributed by atoms with van der Waals surface area (Å²) in [4.78, 5) is 3.77. The number of alkyl halides is 6. The number of nitrogen functional groups attached to an aromatic ring is 1. The molecule has 0 saturated heterocycles. The Hall–Kier alpha value is -2.53. The number of halogens is 6. The van der Waals surface area contributed by atoms with E-state index in [9.17, 15) is 26.3 Å². The lowest BCUT2D eigenvalue weighted by atomic mass is 9.99. The van der Waals surface area contributed by atoms with Gasteiger partial charge in [0.1, 0.15) is 11.5 Å². The number of hydrogen-bond acceptors (Lipinski definition) is 6. The van der Waals surface area contributed by atoms with Crippen molar-refractivity contribution in [3.63, 3.8) is 0 Å². The molecule has 29 heavy (non-hydrogen) atoms. The molecule has 0 aliphatic carbocycles. The maximum absolute atomic E-state index is 13.4. The van der Waals surface area contributed by atoms with Gasteiger partial charge in [0.2, 0.25) is 11.8 Å². The van der Waals surface area contributed by atoms with E-state index >= 15 is 0 Å². The molecule has 2 atom stereocenters. The molecule has 0 fully saturated rings. The van der Waals surface area contributed by atoms with Crippen molar-refractivity contribution < 1.29 is 35.5 Å². The molecule has 12 heteroatoms. The van der Waals surface area contributed by atoms with Crippen molar-refractivity contribution in [2.24, 2.45) is 0 Å². The highest BCUT2D eigenvalue weighted by Gasteiger charge is 2.44. The Morgan fingerprint density at radius 1 is 1.03 bits per heavy atom. The van der Waals surface area contributed by atoms with Gasteiger partial charge in [-0.05, 0) is 32.3 Å². The highest BCUT2D eigenvalue weighted by molar-refractivity contribution is 5.68. The number of pyridine rings is 1. The molecular formula is C17H18F6N4O2. The standard InChI is InChI=1S/C17H18F6N4O2/c1-8-5-3-2-4-6-9(16(18,19)20)14-26-27-15(29-14)12-11(24)7-10(17(21,22)23)13(25-12)28-8/h7-9H,2-6,24H2,1H3. The van der Waals surface area contributed by atoms with Crippen LogP contribution >= 0.6 is 0 Å². The number of rotatable bonds is 0. The first-order valence-corrected chi connectivity index (χ1v) is 8.91. The summed E-state index contributed by atoms with van der Waals surface area (Å²) in [5.41, 5.74) is 3.63. The quantitative estimate of drug-likeness (QED) is 0.592. The van der Waals surface area contributed by atoms with E-state index in [1.165, 1.54) is 0 Å². The number of nitrogens with zero attached hydrogens (tertiary/aromatic N) is 3. The molecule has 0 amide bonds. The molecule has 2 N–H and O–H groups in total. The summed E-state index contributed by atoms with van der Waals surface area (Å²) < 4.78 is 90.8. The van der Waals surface area contributed by atoms with Gasteiger partial charge in [-0.25, -0.2) is 4.98 Å². The fourth-order valence-electron chi connectivity index (χ4n) is 3.08. The van der Waals surface area contributed by atoms with Crippen LogP contribution in [0.15, 0.2) is 10.5 Å². The normalized spacial score (nSPS) is 21.3. The fraction of sp³-hybridized carbons (Fsp3) is 0.588. The van der Waals surface area contributed by atoms with E-state index < -0.39 is 53.3 Å². The van der Waals surface area contributed by atoms with Gasteiger partial charge in [0.05, 0.1) is 11.8 Å². The molecule has 0 radical (unpaired) electrons. The zero-order valence-corrected chi connectivity index (χ0v) is 15.3. The molecule has 0 aromatic carbocycles. The summed E-state index contributed by atoms with van der Waals surface area (Å²) in [5, 5.41) is 6.96. The van der Waals surface area contributed by atoms with E-state index in [4.69, 9.17) is 14.9 Å². The molecule has 1 aliphatic heterocycles. The second kappa shape index (κ2) is 7.71. The minimum absolute atomic E-state index is 0.230. The van der Waals surface area contributed by atoms with Gasteiger partial charge in [-0.3, -0.25) is 0 Å². The molecule has 2 aromatic rings. The number of ether oxygens (including phenoxy) is 1. The van der Waals surface area contributed by atoms with Crippen LogP contribution in [0.25, 0.3) is 11.6 Å². The zero-order valence-electron chi connectivity index (χ0n) is 15.3. The molecule has 2 unspecified atom stereocenters. The first-order valence-electron chi connectivity index (χ1n) is 8.91. The second-order valence-electron chi connectivity index (χ2n) is 6.88. The minimum Gasteiger partial charge on any atom is -0.474 e. The lowest BCUT2D eigenvalue weighted by Gasteiger charge is -2.20. The number of aromatic nitrogens is 3. The van der Waals surface area contributed by atoms with Crippen LogP contribution in [0.4, 0.5) is 32.0 Å². The van der Waals surface area contributed by atoms with E-state index in [0.29, 0.717) is 25.3 Å². The molecule has 0 spiro atoms. The number of anilines is 1. The van der Waals surface area contributed by atoms with Crippen LogP contribution in [0.1, 0.15) is 56.4 Å². The SMILES string of the molecule is CC1CCCCCC(C(F)(F)F)c2nnc(o2)-c2nc(c(C(F)(F)F)cc2N)O1. The Balaban J connectivity index is 2.12. The number of hydrogen-bond donors (Lipinski definition) is 1. The second-order valence-corrected chi connectivity index (χ2v) is 6.88. The topological polar surface area (TPSA) is 87.1 Å². The predicted molar refractivity (Wildman–Crippen MR) is 88.9 cm³/mol. The maximum atomic E-state index is 13.4. The maximum Gasteiger partial charge on any atom is 0.421 e. The molecule has 4 bridgehead atoms. The third-order valence-electron chi connectivity index (χ3n) is 4.58. The Kier molecular flexibility index (Phi) is 5.63. The molecule has 3 rings (SSSR count). The van der Waals surface area contributed by atoms with Gasteiger partial charge in [-0.2, -0.15) is 26.3 Å². The molecule has 6 nitrogen and oxygen atoms in total. The monoisotopic (exact) mass is 424 g/mol. The summed E-state index contributed by atoms with van der Waals surface area (Å²) in [6.45, 7) is 1.56. The Morgan fingerprint density at radius 3 is 2.38 bits per heavy atom.